The third-order valence-corrected chi connectivity index (χ3v) is 2.16. The summed E-state index contributed by atoms with van der Waals surface area (Å²) >= 11 is 5.59. The van der Waals surface area contributed by atoms with Crippen LogP contribution in [0.5, 0.6) is 0 Å². The van der Waals surface area contributed by atoms with Crippen molar-refractivity contribution in [3.05, 3.63) is 21.6 Å². The van der Waals surface area contributed by atoms with Gasteiger partial charge in [-0.25, -0.2) is 9.97 Å². The third-order valence-electron chi connectivity index (χ3n) is 1.89. The number of rotatable bonds is 6. The summed E-state index contributed by atoms with van der Waals surface area (Å²) < 4.78 is 4.71. The molecule has 1 aromatic heterocycles. The highest BCUT2D eigenvalue weighted by Crippen LogP contribution is 2.27. The van der Waals surface area contributed by atoms with Gasteiger partial charge in [0.25, 0.3) is 0 Å². The number of aromatic nitrogens is 2. The lowest BCUT2D eigenvalue weighted by molar-refractivity contribution is -0.384. The molecule has 0 aliphatic heterocycles. The van der Waals surface area contributed by atoms with Crippen LogP contribution in [0.2, 0.25) is 5.15 Å². The zero-order valence-electron chi connectivity index (χ0n) is 9.55. The molecule has 98 valence electrons. The maximum atomic E-state index is 11.1. The topological polar surface area (TPSA) is 107 Å². The Kier molecular flexibility index (Phi) is 5.25. The maximum absolute atomic E-state index is 11.1. The van der Waals surface area contributed by atoms with Crippen LogP contribution in [0, 0.1) is 10.1 Å². The lowest BCUT2D eigenvalue weighted by Gasteiger charge is -2.05. The van der Waals surface area contributed by atoms with Crippen LogP contribution >= 0.6 is 11.6 Å². The molecule has 1 rings (SSSR count). The van der Waals surface area contributed by atoms with E-state index in [2.05, 4.69) is 15.3 Å². The molecule has 0 aliphatic carbocycles. The van der Waals surface area contributed by atoms with Crippen LogP contribution < -0.4 is 5.32 Å². The third kappa shape index (κ3) is 3.81. The molecule has 0 bridgehead atoms. The van der Waals surface area contributed by atoms with Gasteiger partial charge in [-0.1, -0.05) is 11.6 Å². The standard InChI is InChI=1S/C9H11ClN4O4/c1-2-18-6(15)3-4-11-9-7(14(16)17)8(10)12-5-13-9/h5H,2-4H2,1H3,(H,11,12,13). The second kappa shape index (κ2) is 6.70. The molecule has 18 heavy (non-hydrogen) atoms. The first-order valence-electron chi connectivity index (χ1n) is 5.10. The summed E-state index contributed by atoms with van der Waals surface area (Å²) in [6.45, 7) is 2.14. The summed E-state index contributed by atoms with van der Waals surface area (Å²) in [6, 6.07) is 0. The zero-order chi connectivity index (χ0) is 13.5. The van der Waals surface area contributed by atoms with E-state index in [1.54, 1.807) is 6.92 Å². The van der Waals surface area contributed by atoms with E-state index in [4.69, 9.17) is 16.3 Å². The molecule has 8 nitrogen and oxygen atoms in total. The number of carbonyl (C=O) groups excluding carboxylic acids is 1. The van der Waals surface area contributed by atoms with E-state index in [1.807, 2.05) is 0 Å². The van der Waals surface area contributed by atoms with Gasteiger partial charge in [0.2, 0.25) is 11.0 Å². The van der Waals surface area contributed by atoms with Gasteiger partial charge in [-0.05, 0) is 6.92 Å². The summed E-state index contributed by atoms with van der Waals surface area (Å²) in [7, 11) is 0. The van der Waals surface area contributed by atoms with Gasteiger partial charge in [0.05, 0.1) is 18.0 Å². The van der Waals surface area contributed by atoms with Crippen LogP contribution in [0.3, 0.4) is 0 Å². The summed E-state index contributed by atoms with van der Waals surface area (Å²) in [4.78, 5) is 28.3. The van der Waals surface area contributed by atoms with E-state index in [0.29, 0.717) is 0 Å². The van der Waals surface area contributed by atoms with Crippen molar-refractivity contribution in [2.24, 2.45) is 0 Å². The van der Waals surface area contributed by atoms with Gasteiger partial charge in [-0.3, -0.25) is 14.9 Å². The van der Waals surface area contributed by atoms with E-state index in [1.165, 1.54) is 0 Å². The number of halogens is 1. The molecular weight excluding hydrogens is 264 g/mol. The predicted molar refractivity (Wildman–Crippen MR) is 63.4 cm³/mol. The number of carbonyl (C=O) groups is 1. The normalized spacial score (nSPS) is 9.89. The fourth-order valence-corrected chi connectivity index (χ4v) is 1.37. The van der Waals surface area contributed by atoms with Crippen molar-refractivity contribution in [2.75, 3.05) is 18.5 Å². The van der Waals surface area contributed by atoms with Crippen LogP contribution in [0.15, 0.2) is 6.33 Å². The summed E-state index contributed by atoms with van der Waals surface area (Å²) in [5.41, 5.74) is -0.414. The number of nitrogens with zero attached hydrogens (tertiary/aromatic N) is 3. The molecule has 1 heterocycles. The zero-order valence-corrected chi connectivity index (χ0v) is 10.3. The highest BCUT2D eigenvalue weighted by Gasteiger charge is 2.21. The molecule has 0 spiro atoms. The molecule has 0 atom stereocenters. The van der Waals surface area contributed by atoms with E-state index >= 15 is 0 Å². The SMILES string of the molecule is CCOC(=O)CCNc1ncnc(Cl)c1[N+](=O)[O-]. The molecule has 1 aromatic rings. The van der Waals surface area contributed by atoms with Crippen LogP contribution in [0.25, 0.3) is 0 Å². The van der Waals surface area contributed by atoms with Crippen molar-refractivity contribution in [3.8, 4) is 0 Å². The van der Waals surface area contributed by atoms with Gasteiger partial charge in [-0.2, -0.15) is 0 Å². The second-order valence-corrected chi connectivity index (χ2v) is 3.46. The average Bonchev–Trinajstić information content (AvgIpc) is 2.28. The minimum absolute atomic E-state index is 0.0238. The number of esters is 1. The number of hydrogen-bond acceptors (Lipinski definition) is 7. The minimum Gasteiger partial charge on any atom is -0.466 e. The molecule has 0 aliphatic rings. The molecule has 0 aromatic carbocycles. The number of hydrogen-bond donors (Lipinski definition) is 1. The van der Waals surface area contributed by atoms with E-state index in [9.17, 15) is 14.9 Å². The fourth-order valence-electron chi connectivity index (χ4n) is 1.16. The Balaban J connectivity index is 2.65. The van der Waals surface area contributed by atoms with Crippen LogP contribution in [-0.2, 0) is 9.53 Å². The number of nitro groups is 1. The predicted octanol–water partition coefficient (Wildman–Crippen LogP) is 1.40. The molecule has 0 unspecified atom stereocenters. The molecule has 0 saturated carbocycles. The van der Waals surface area contributed by atoms with Gasteiger partial charge in [0, 0.05) is 6.54 Å². The van der Waals surface area contributed by atoms with E-state index in [0.717, 1.165) is 6.33 Å². The van der Waals surface area contributed by atoms with Crippen LogP contribution in [-0.4, -0.2) is 34.0 Å². The van der Waals surface area contributed by atoms with Crippen LogP contribution in [0.4, 0.5) is 11.5 Å². The van der Waals surface area contributed by atoms with Gasteiger partial charge in [0.1, 0.15) is 6.33 Å². The van der Waals surface area contributed by atoms with Crippen molar-refractivity contribution in [1.29, 1.82) is 0 Å². The van der Waals surface area contributed by atoms with Crippen molar-refractivity contribution in [1.82, 2.24) is 9.97 Å². The average molecular weight is 275 g/mol. The molecule has 0 saturated heterocycles. The lowest BCUT2D eigenvalue weighted by atomic mass is 10.4. The molecule has 0 amide bonds. The largest absolute Gasteiger partial charge is 0.466 e. The summed E-state index contributed by atoms with van der Waals surface area (Å²) in [5.74, 6) is -0.419. The first-order chi connectivity index (χ1) is 8.56. The van der Waals surface area contributed by atoms with Crippen LogP contribution in [0.1, 0.15) is 13.3 Å². The van der Waals surface area contributed by atoms with Crippen molar-refractivity contribution < 1.29 is 14.5 Å². The van der Waals surface area contributed by atoms with Crippen molar-refractivity contribution >= 4 is 29.1 Å². The van der Waals surface area contributed by atoms with Gasteiger partial charge in [-0.15, -0.1) is 0 Å². The smallest absolute Gasteiger partial charge is 0.348 e. The first kappa shape index (κ1) is 14.1. The van der Waals surface area contributed by atoms with E-state index < -0.39 is 16.6 Å². The number of ether oxygens (including phenoxy) is 1. The Bertz CT molecular complexity index is 454. The molecule has 9 heteroatoms. The Morgan fingerprint density at radius 3 is 2.94 bits per heavy atom. The van der Waals surface area contributed by atoms with E-state index in [-0.39, 0.29) is 30.5 Å². The summed E-state index contributed by atoms with van der Waals surface area (Å²) in [6.07, 6.45) is 1.18. The minimum atomic E-state index is -0.685. The Morgan fingerprint density at radius 1 is 1.61 bits per heavy atom. The number of nitrogens with one attached hydrogen (secondary N) is 1. The quantitative estimate of drug-likeness (QED) is 0.361. The molecule has 1 N–H and O–H groups in total. The Morgan fingerprint density at radius 2 is 2.33 bits per heavy atom. The fraction of sp³-hybridized carbons (Fsp3) is 0.444. The monoisotopic (exact) mass is 274 g/mol. The van der Waals surface area contributed by atoms with Gasteiger partial charge < -0.3 is 10.1 Å². The van der Waals surface area contributed by atoms with Gasteiger partial charge >= 0.3 is 11.7 Å². The molecule has 0 fully saturated rings. The lowest BCUT2D eigenvalue weighted by Crippen LogP contribution is -2.13. The Hall–Kier alpha value is -1.96. The van der Waals surface area contributed by atoms with Crippen molar-refractivity contribution in [3.63, 3.8) is 0 Å². The Labute approximate surface area is 107 Å². The molecular formula is C9H11ClN4O4. The summed E-state index contributed by atoms with van der Waals surface area (Å²) in [5, 5.41) is 13.1. The highest BCUT2D eigenvalue weighted by atomic mass is 35.5. The first-order valence-corrected chi connectivity index (χ1v) is 5.48. The highest BCUT2D eigenvalue weighted by molar-refractivity contribution is 6.31. The van der Waals surface area contributed by atoms with Crippen molar-refractivity contribution in [2.45, 2.75) is 13.3 Å². The maximum Gasteiger partial charge on any atom is 0.348 e. The number of anilines is 1. The second-order valence-electron chi connectivity index (χ2n) is 3.10. The molecule has 0 radical (unpaired) electrons. The van der Waals surface area contributed by atoms with Gasteiger partial charge in [0.15, 0.2) is 0 Å².